The topological polar surface area (TPSA) is 91.7 Å². The van der Waals surface area contributed by atoms with Gasteiger partial charge in [-0.1, -0.05) is 12.1 Å². The molecule has 3 aromatic rings. The molecule has 0 saturated carbocycles. The lowest BCUT2D eigenvalue weighted by atomic mass is 10.1. The number of hydrogen-bond donors (Lipinski definition) is 1. The number of methoxy groups -OCH3 is 3. The first-order valence-corrected chi connectivity index (χ1v) is 9.74. The molecule has 0 unspecified atom stereocenters. The molecule has 0 aliphatic heterocycles. The summed E-state index contributed by atoms with van der Waals surface area (Å²) in [5, 5.41) is 7.17. The first kappa shape index (κ1) is 21.9. The van der Waals surface area contributed by atoms with Gasteiger partial charge in [0.15, 0.2) is 0 Å². The summed E-state index contributed by atoms with van der Waals surface area (Å²) in [4.78, 5) is 24.6. The van der Waals surface area contributed by atoms with E-state index in [0.29, 0.717) is 35.7 Å². The Labute approximate surface area is 180 Å². The van der Waals surface area contributed by atoms with Gasteiger partial charge in [0.2, 0.25) is 5.91 Å². The van der Waals surface area contributed by atoms with Crippen LogP contribution in [0.1, 0.15) is 5.56 Å². The lowest BCUT2D eigenvalue weighted by Gasteiger charge is -2.12. The highest BCUT2D eigenvalue weighted by Gasteiger charge is 2.12. The maximum Gasteiger partial charge on any atom is 0.267 e. The Kier molecular flexibility index (Phi) is 7.26. The Morgan fingerprint density at radius 2 is 1.74 bits per heavy atom. The normalized spacial score (nSPS) is 10.4. The largest absolute Gasteiger partial charge is 0.497 e. The molecule has 1 N–H and O–H groups in total. The number of carbonyl (C=O) groups excluding carboxylic acids is 1. The van der Waals surface area contributed by atoms with E-state index in [2.05, 4.69) is 10.4 Å². The molecule has 0 bridgehead atoms. The van der Waals surface area contributed by atoms with Crippen molar-refractivity contribution in [2.24, 2.45) is 0 Å². The van der Waals surface area contributed by atoms with Crippen LogP contribution in [0.5, 0.6) is 17.2 Å². The molecule has 8 nitrogen and oxygen atoms in total. The minimum Gasteiger partial charge on any atom is -0.497 e. The summed E-state index contributed by atoms with van der Waals surface area (Å²) in [6.45, 7) is 0.251. The van der Waals surface area contributed by atoms with Gasteiger partial charge in [-0.05, 0) is 48.4 Å². The van der Waals surface area contributed by atoms with Gasteiger partial charge in [-0.2, -0.15) is 5.10 Å². The van der Waals surface area contributed by atoms with Crippen molar-refractivity contribution in [3.8, 4) is 28.5 Å². The highest BCUT2D eigenvalue weighted by atomic mass is 16.5. The Morgan fingerprint density at radius 1 is 0.968 bits per heavy atom. The SMILES string of the molecule is COc1cccc(CCNC(=O)Cn2nc(-c3cc(OC)ccc3OC)ccc2=O)c1. The molecule has 0 atom stereocenters. The molecule has 0 aliphatic carbocycles. The van der Waals surface area contributed by atoms with E-state index in [-0.39, 0.29) is 18.0 Å². The first-order valence-electron chi connectivity index (χ1n) is 9.74. The van der Waals surface area contributed by atoms with Gasteiger partial charge in [0.1, 0.15) is 23.8 Å². The van der Waals surface area contributed by atoms with Gasteiger partial charge in [-0.3, -0.25) is 9.59 Å². The van der Waals surface area contributed by atoms with Crippen molar-refractivity contribution in [2.75, 3.05) is 27.9 Å². The molecule has 162 valence electrons. The number of benzene rings is 2. The van der Waals surface area contributed by atoms with Crippen molar-refractivity contribution < 1.29 is 19.0 Å². The number of nitrogens with one attached hydrogen (secondary N) is 1. The predicted molar refractivity (Wildman–Crippen MR) is 117 cm³/mol. The van der Waals surface area contributed by atoms with Gasteiger partial charge in [-0.25, -0.2) is 4.68 Å². The number of ether oxygens (including phenoxy) is 3. The molecule has 0 aliphatic rings. The van der Waals surface area contributed by atoms with Gasteiger partial charge >= 0.3 is 0 Å². The monoisotopic (exact) mass is 423 g/mol. The van der Waals surface area contributed by atoms with Crippen molar-refractivity contribution in [3.05, 3.63) is 70.5 Å². The number of nitrogens with zero attached hydrogens (tertiary/aromatic N) is 2. The molecule has 1 aromatic heterocycles. The van der Waals surface area contributed by atoms with Crippen LogP contribution in [0.15, 0.2) is 59.4 Å². The zero-order valence-corrected chi connectivity index (χ0v) is 17.8. The smallest absolute Gasteiger partial charge is 0.267 e. The summed E-state index contributed by atoms with van der Waals surface area (Å²) < 4.78 is 17.0. The van der Waals surface area contributed by atoms with Crippen molar-refractivity contribution in [1.29, 1.82) is 0 Å². The molecule has 0 fully saturated rings. The number of hydrogen-bond acceptors (Lipinski definition) is 6. The highest BCUT2D eigenvalue weighted by Crippen LogP contribution is 2.31. The predicted octanol–water partition coefficient (Wildman–Crippen LogP) is 2.30. The minimum absolute atomic E-state index is 0.183. The maximum atomic E-state index is 12.4. The fourth-order valence-corrected chi connectivity index (χ4v) is 3.09. The third kappa shape index (κ3) is 5.63. The van der Waals surface area contributed by atoms with E-state index in [1.54, 1.807) is 45.6 Å². The molecule has 0 radical (unpaired) electrons. The van der Waals surface area contributed by atoms with E-state index in [0.717, 1.165) is 16.0 Å². The van der Waals surface area contributed by atoms with E-state index in [1.807, 2.05) is 24.3 Å². The second-order valence-corrected chi connectivity index (χ2v) is 6.73. The van der Waals surface area contributed by atoms with E-state index < -0.39 is 0 Å². The number of rotatable bonds is 9. The average molecular weight is 423 g/mol. The fraction of sp³-hybridized carbons (Fsp3) is 0.261. The summed E-state index contributed by atoms with van der Waals surface area (Å²) in [5.41, 5.74) is 1.84. The lowest BCUT2D eigenvalue weighted by Crippen LogP contribution is -2.34. The fourth-order valence-electron chi connectivity index (χ4n) is 3.09. The second kappa shape index (κ2) is 10.3. The van der Waals surface area contributed by atoms with Crippen LogP contribution in [-0.4, -0.2) is 43.6 Å². The zero-order chi connectivity index (χ0) is 22.2. The molecule has 1 amide bonds. The van der Waals surface area contributed by atoms with E-state index >= 15 is 0 Å². The first-order chi connectivity index (χ1) is 15.0. The number of amides is 1. The molecular weight excluding hydrogens is 398 g/mol. The van der Waals surface area contributed by atoms with E-state index in [1.165, 1.54) is 6.07 Å². The summed E-state index contributed by atoms with van der Waals surface area (Å²) >= 11 is 0. The molecular formula is C23H25N3O5. The van der Waals surface area contributed by atoms with Crippen LogP contribution in [0.3, 0.4) is 0 Å². The molecule has 31 heavy (non-hydrogen) atoms. The van der Waals surface area contributed by atoms with Gasteiger partial charge in [0.25, 0.3) is 5.56 Å². The number of aromatic nitrogens is 2. The Balaban J connectivity index is 1.69. The standard InChI is InChI=1S/C23H25N3O5/c1-29-17-6-4-5-16(13-17)11-12-24-22(27)15-26-23(28)10-8-20(25-26)19-14-18(30-2)7-9-21(19)31-3/h4-10,13-14H,11-12,15H2,1-3H3,(H,24,27). The van der Waals surface area contributed by atoms with Gasteiger partial charge in [0.05, 0.1) is 27.0 Å². The van der Waals surface area contributed by atoms with Crippen LogP contribution in [0, 0.1) is 0 Å². The summed E-state index contributed by atoms with van der Waals surface area (Å²) in [5.74, 6) is 1.68. The second-order valence-electron chi connectivity index (χ2n) is 6.73. The third-order valence-electron chi connectivity index (χ3n) is 4.71. The van der Waals surface area contributed by atoms with Crippen LogP contribution < -0.4 is 25.1 Å². The highest BCUT2D eigenvalue weighted by molar-refractivity contribution is 5.75. The van der Waals surface area contributed by atoms with Gasteiger partial charge in [-0.15, -0.1) is 0 Å². The van der Waals surface area contributed by atoms with E-state index in [4.69, 9.17) is 14.2 Å². The summed E-state index contributed by atoms with van der Waals surface area (Å²) in [7, 11) is 4.73. The summed E-state index contributed by atoms with van der Waals surface area (Å²) in [6.07, 6.45) is 0.645. The molecule has 3 rings (SSSR count). The van der Waals surface area contributed by atoms with Crippen LogP contribution >= 0.6 is 0 Å². The average Bonchev–Trinajstić information content (AvgIpc) is 2.80. The van der Waals surface area contributed by atoms with Crippen molar-refractivity contribution in [3.63, 3.8) is 0 Å². The third-order valence-corrected chi connectivity index (χ3v) is 4.71. The van der Waals surface area contributed by atoms with Crippen molar-refractivity contribution in [2.45, 2.75) is 13.0 Å². The Morgan fingerprint density at radius 3 is 2.48 bits per heavy atom. The summed E-state index contributed by atoms with van der Waals surface area (Å²) in [6, 6.07) is 15.9. The quantitative estimate of drug-likeness (QED) is 0.568. The Hall–Kier alpha value is -3.81. The van der Waals surface area contributed by atoms with Crippen LogP contribution in [0.2, 0.25) is 0 Å². The van der Waals surface area contributed by atoms with Crippen LogP contribution in [-0.2, 0) is 17.8 Å². The molecule has 8 heteroatoms. The molecule has 0 saturated heterocycles. The Bertz CT molecular complexity index is 1110. The van der Waals surface area contributed by atoms with Crippen LogP contribution in [0.4, 0.5) is 0 Å². The molecule has 1 heterocycles. The molecule has 2 aromatic carbocycles. The zero-order valence-electron chi connectivity index (χ0n) is 17.8. The van der Waals surface area contributed by atoms with Crippen LogP contribution in [0.25, 0.3) is 11.3 Å². The van der Waals surface area contributed by atoms with Gasteiger partial charge < -0.3 is 19.5 Å². The van der Waals surface area contributed by atoms with E-state index in [9.17, 15) is 9.59 Å². The minimum atomic E-state index is -0.367. The van der Waals surface area contributed by atoms with Gasteiger partial charge in [0, 0.05) is 18.2 Å². The van der Waals surface area contributed by atoms with Crippen molar-refractivity contribution in [1.82, 2.24) is 15.1 Å². The molecule has 0 spiro atoms. The maximum absolute atomic E-state index is 12.4. The van der Waals surface area contributed by atoms with Crippen molar-refractivity contribution >= 4 is 5.91 Å². The number of carbonyl (C=O) groups is 1. The lowest BCUT2D eigenvalue weighted by molar-refractivity contribution is -0.121.